The number of carbonyl (C=O) groups excluding carboxylic acids is 2. The zero-order valence-electron chi connectivity index (χ0n) is 9.80. The molecule has 17 heavy (non-hydrogen) atoms. The van der Waals surface area contributed by atoms with Gasteiger partial charge in [0.1, 0.15) is 12.2 Å². The Morgan fingerprint density at radius 3 is 2.35 bits per heavy atom. The van der Waals surface area contributed by atoms with Gasteiger partial charge in [-0.1, -0.05) is 18.2 Å². The Bertz CT molecular complexity index is 418. The van der Waals surface area contributed by atoms with E-state index in [1.807, 2.05) is 12.1 Å². The van der Waals surface area contributed by atoms with E-state index in [0.717, 1.165) is 11.3 Å². The second-order valence-electron chi connectivity index (χ2n) is 3.33. The van der Waals surface area contributed by atoms with E-state index in [-0.39, 0.29) is 12.2 Å². The number of allylic oxidation sites excluding steroid dienone is 1. The molecule has 1 aromatic carbocycles. The van der Waals surface area contributed by atoms with E-state index in [0.29, 0.717) is 0 Å². The Morgan fingerprint density at radius 2 is 1.82 bits per heavy atom. The number of ketones is 1. The van der Waals surface area contributed by atoms with Crippen molar-refractivity contribution in [2.45, 2.75) is 6.42 Å². The fraction of sp³-hybridized carbons (Fsp3) is 0.231. The summed E-state index contributed by atoms with van der Waals surface area (Å²) in [4.78, 5) is 22.1. The third kappa shape index (κ3) is 4.51. The first kappa shape index (κ1) is 13.0. The lowest BCUT2D eigenvalue weighted by molar-refractivity contribution is -0.142. The Kier molecular flexibility index (Phi) is 4.94. The molecule has 0 spiro atoms. The van der Waals surface area contributed by atoms with Crippen molar-refractivity contribution in [1.29, 1.82) is 0 Å². The number of rotatable bonds is 5. The molecule has 0 bridgehead atoms. The van der Waals surface area contributed by atoms with Crippen LogP contribution in [0.4, 0.5) is 0 Å². The van der Waals surface area contributed by atoms with E-state index in [1.165, 1.54) is 13.2 Å². The molecule has 4 nitrogen and oxygen atoms in total. The lowest BCUT2D eigenvalue weighted by Crippen LogP contribution is -2.06. The quantitative estimate of drug-likeness (QED) is 0.443. The van der Waals surface area contributed by atoms with Crippen LogP contribution in [-0.2, 0) is 14.3 Å². The van der Waals surface area contributed by atoms with Crippen LogP contribution in [0.3, 0.4) is 0 Å². The molecule has 90 valence electrons. The van der Waals surface area contributed by atoms with Crippen molar-refractivity contribution < 1.29 is 19.1 Å². The molecule has 0 N–H and O–H groups in total. The van der Waals surface area contributed by atoms with Crippen LogP contribution in [0.1, 0.15) is 12.0 Å². The van der Waals surface area contributed by atoms with Gasteiger partial charge >= 0.3 is 5.97 Å². The van der Waals surface area contributed by atoms with Gasteiger partial charge in [0.05, 0.1) is 14.2 Å². The number of ether oxygens (including phenoxy) is 2. The topological polar surface area (TPSA) is 52.6 Å². The van der Waals surface area contributed by atoms with Crippen molar-refractivity contribution in [3.8, 4) is 5.75 Å². The van der Waals surface area contributed by atoms with Crippen LogP contribution in [0.25, 0.3) is 6.08 Å². The van der Waals surface area contributed by atoms with Crippen LogP contribution in [0.2, 0.25) is 0 Å². The van der Waals surface area contributed by atoms with Crippen LogP contribution in [0.15, 0.2) is 30.3 Å². The molecule has 1 aromatic rings. The van der Waals surface area contributed by atoms with E-state index < -0.39 is 5.97 Å². The highest BCUT2D eigenvalue weighted by atomic mass is 16.5. The number of hydrogen-bond donors (Lipinski definition) is 0. The Morgan fingerprint density at radius 1 is 1.18 bits per heavy atom. The minimum Gasteiger partial charge on any atom is -0.497 e. The Hall–Kier alpha value is -2.10. The van der Waals surface area contributed by atoms with Crippen molar-refractivity contribution in [3.63, 3.8) is 0 Å². The first-order chi connectivity index (χ1) is 8.15. The molecule has 0 aliphatic heterocycles. The maximum atomic E-state index is 11.3. The summed E-state index contributed by atoms with van der Waals surface area (Å²) in [6, 6.07) is 7.23. The second kappa shape index (κ2) is 6.48. The largest absolute Gasteiger partial charge is 0.497 e. The van der Waals surface area contributed by atoms with Gasteiger partial charge in [-0.15, -0.1) is 0 Å². The minimum atomic E-state index is -0.533. The van der Waals surface area contributed by atoms with Crippen LogP contribution in [-0.4, -0.2) is 26.0 Å². The molecule has 0 amide bonds. The molecule has 0 saturated carbocycles. The third-order valence-electron chi connectivity index (χ3n) is 2.12. The van der Waals surface area contributed by atoms with Gasteiger partial charge in [-0.2, -0.15) is 0 Å². The van der Waals surface area contributed by atoms with Crippen LogP contribution in [0.5, 0.6) is 5.75 Å². The highest BCUT2D eigenvalue weighted by Crippen LogP contribution is 2.12. The summed E-state index contributed by atoms with van der Waals surface area (Å²) < 4.78 is 9.40. The van der Waals surface area contributed by atoms with E-state index in [1.54, 1.807) is 25.3 Å². The lowest BCUT2D eigenvalue weighted by atomic mass is 10.1. The Balaban J connectivity index is 2.57. The summed E-state index contributed by atoms with van der Waals surface area (Å²) in [5, 5.41) is 0. The number of carbonyl (C=O) groups is 2. The van der Waals surface area contributed by atoms with Crippen LogP contribution < -0.4 is 4.74 Å². The summed E-state index contributed by atoms with van der Waals surface area (Å²) in [6.07, 6.45) is 2.77. The van der Waals surface area contributed by atoms with Gasteiger partial charge in [-0.05, 0) is 23.8 Å². The molecule has 0 aromatic heterocycles. The summed E-state index contributed by atoms with van der Waals surface area (Å²) in [5.74, 6) is -0.0647. The number of esters is 1. The molecule has 0 fully saturated rings. The predicted molar refractivity (Wildman–Crippen MR) is 63.7 cm³/mol. The smallest absolute Gasteiger partial charge is 0.313 e. The average molecular weight is 234 g/mol. The molecule has 0 unspecified atom stereocenters. The van der Waals surface area contributed by atoms with Crippen LogP contribution >= 0.6 is 0 Å². The normalized spacial score (nSPS) is 10.2. The van der Waals surface area contributed by atoms with Gasteiger partial charge in [0.15, 0.2) is 5.78 Å². The molecular weight excluding hydrogens is 220 g/mol. The molecule has 0 radical (unpaired) electrons. The molecule has 0 heterocycles. The fourth-order valence-electron chi connectivity index (χ4n) is 1.18. The number of hydrogen-bond acceptors (Lipinski definition) is 4. The summed E-state index contributed by atoms with van der Waals surface area (Å²) in [5.41, 5.74) is 0.865. The summed E-state index contributed by atoms with van der Waals surface area (Å²) in [6.45, 7) is 0. The highest BCUT2D eigenvalue weighted by Gasteiger charge is 2.05. The maximum Gasteiger partial charge on any atom is 0.313 e. The van der Waals surface area contributed by atoms with Gasteiger partial charge < -0.3 is 9.47 Å². The van der Waals surface area contributed by atoms with Gasteiger partial charge in [0, 0.05) is 0 Å². The lowest BCUT2D eigenvalue weighted by Gasteiger charge is -1.99. The van der Waals surface area contributed by atoms with Crippen LogP contribution in [0, 0.1) is 0 Å². The minimum absolute atomic E-state index is 0.233. The number of benzene rings is 1. The number of methoxy groups -OCH3 is 2. The fourth-order valence-corrected chi connectivity index (χ4v) is 1.18. The molecule has 0 aliphatic carbocycles. The van der Waals surface area contributed by atoms with Crippen molar-refractivity contribution in [1.82, 2.24) is 0 Å². The summed E-state index contributed by atoms with van der Waals surface area (Å²) in [7, 11) is 2.84. The Labute approximate surface area is 99.8 Å². The molecular formula is C13H14O4. The zero-order chi connectivity index (χ0) is 12.7. The van der Waals surface area contributed by atoms with Crippen molar-refractivity contribution >= 4 is 17.8 Å². The first-order valence-electron chi connectivity index (χ1n) is 5.07. The second-order valence-corrected chi connectivity index (χ2v) is 3.33. The van der Waals surface area contributed by atoms with Gasteiger partial charge in [0.25, 0.3) is 0 Å². The van der Waals surface area contributed by atoms with Gasteiger partial charge in [-0.3, -0.25) is 9.59 Å². The standard InChI is InChI=1S/C13H14O4/c1-16-12-7-4-10(5-8-12)3-6-11(14)9-13(15)17-2/h3-8H,9H2,1-2H3. The average Bonchev–Trinajstić information content (AvgIpc) is 2.36. The SMILES string of the molecule is COC(=O)CC(=O)C=Cc1ccc(OC)cc1. The van der Waals surface area contributed by atoms with Crippen molar-refractivity contribution in [3.05, 3.63) is 35.9 Å². The molecule has 0 atom stereocenters. The van der Waals surface area contributed by atoms with E-state index >= 15 is 0 Å². The third-order valence-corrected chi connectivity index (χ3v) is 2.12. The van der Waals surface area contributed by atoms with E-state index in [4.69, 9.17) is 4.74 Å². The highest BCUT2D eigenvalue weighted by molar-refractivity contribution is 6.03. The van der Waals surface area contributed by atoms with Gasteiger partial charge in [0.2, 0.25) is 0 Å². The van der Waals surface area contributed by atoms with Gasteiger partial charge in [-0.25, -0.2) is 0 Å². The molecule has 1 rings (SSSR count). The zero-order valence-corrected chi connectivity index (χ0v) is 9.80. The molecule has 0 aliphatic rings. The van der Waals surface area contributed by atoms with Crippen molar-refractivity contribution in [2.24, 2.45) is 0 Å². The first-order valence-corrected chi connectivity index (χ1v) is 5.07. The van der Waals surface area contributed by atoms with E-state index in [9.17, 15) is 9.59 Å². The monoisotopic (exact) mass is 234 g/mol. The predicted octanol–water partition coefficient (Wildman–Crippen LogP) is 1.84. The van der Waals surface area contributed by atoms with Crippen molar-refractivity contribution in [2.75, 3.05) is 14.2 Å². The maximum absolute atomic E-state index is 11.3. The van der Waals surface area contributed by atoms with E-state index in [2.05, 4.69) is 4.74 Å². The molecule has 4 heteroatoms. The summed E-state index contributed by atoms with van der Waals surface area (Å²) >= 11 is 0. The molecule has 0 saturated heterocycles.